The van der Waals surface area contributed by atoms with Gasteiger partial charge in [-0.05, 0) is 23.8 Å². The minimum atomic E-state index is 0.110. The Kier molecular flexibility index (Phi) is 3.12. The van der Waals surface area contributed by atoms with Gasteiger partial charge in [-0.15, -0.1) is 0 Å². The molecule has 0 amide bonds. The summed E-state index contributed by atoms with van der Waals surface area (Å²) >= 11 is 4.69. The average Bonchev–Trinajstić information content (AvgIpc) is 2.15. The molecule has 3 nitrogen and oxygen atoms in total. The van der Waals surface area contributed by atoms with Gasteiger partial charge in [0.2, 0.25) is 0 Å². The number of hydrogen-bond donors (Lipinski definition) is 1. The quantitative estimate of drug-likeness (QED) is 0.432. The van der Waals surface area contributed by atoms with Crippen molar-refractivity contribution in [2.75, 3.05) is 0 Å². The van der Waals surface area contributed by atoms with E-state index in [1.54, 1.807) is 30.6 Å². The van der Waals surface area contributed by atoms with Crippen molar-refractivity contribution in [1.82, 2.24) is 4.98 Å². The molecular weight excluding hydrogens is 182 g/mol. The Morgan fingerprint density at radius 3 is 2.62 bits per heavy atom. The molecule has 0 aliphatic carbocycles. The van der Waals surface area contributed by atoms with E-state index >= 15 is 0 Å². The highest BCUT2D eigenvalue weighted by Gasteiger charge is 1.98. The molecule has 0 unspecified atom stereocenters. The Hall–Kier alpha value is -1.73. The third-order valence-electron chi connectivity index (χ3n) is 1.40. The van der Waals surface area contributed by atoms with E-state index in [9.17, 15) is 0 Å². The van der Waals surface area contributed by atoms with Crippen LogP contribution in [0.3, 0.4) is 0 Å². The van der Waals surface area contributed by atoms with E-state index in [2.05, 4.69) is 17.2 Å². The molecule has 0 fully saturated rings. The molecule has 0 saturated carbocycles. The van der Waals surface area contributed by atoms with Gasteiger partial charge in [0, 0.05) is 12.4 Å². The van der Waals surface area contributed by atoms with Gasteiger partial charge in [0.1, 0.15) is 11.1 Å². The van der Waals surface area contributed by atoms with Gasteiger partial charge in [0.05, 0.1) is 5.57 Å². The topological polar surface area (TPSA) is 62.7 Å². The van der Waals surface area contributed by atoms with Crippen LogP contribution in [0.2, 0.25) is 0 Å². The minimum Gasteiger partial charge on any atom is -0.389 e. The number of pyridine rings is 1. The Balaban J connectivity index is 3.01. The number of rotatable bonds is 2. The number of aromatic nitrogens is 1. The van der Waals surface area contributed by atoms with Gasteiger partial charge in [-0.2, -0.15) is 5.26 Å². The summed E-state index contributed by atoms with van der Waals surface area (Å²) in [6.45, 7) is 0. The molecule has 1 heterocycles. The van der Waals surface area contributed by atoms with Crippen LogP contribution in [0.4, 0.5) is 0 Å². The summed E-state index contributed by atoms with van der Waals surface area (Å²) in [6.07, 6.45) is 4.91. The Labute approximate surface area is 81.5 Å². The minimum absolute atomic E-state index is 0.110. The summed E-state index contributed by atoms with van der Waals surface area (Å²) in [4.78, 5) is 3.96. The van der Waals surface area contributed by atoms with E-state index < -0.39 is 0 Å². The molecule has 0 radical (unpaired) electrons. The summed E-state index contributed by atoms with van der Waals surface area (Å²) in [7, 11) is 0. The molecule has 1 rings (SSSR count). The van der Waals surface area contributed by atoms with Gasteiger partial charge in [-0.3, -0.25) is 4.98 Å². The maximum Gasteiger partial charge on any atom is 0.114 e. The van der Waals surface area contributed by atoms with Crippen molar-refractivity contribution < 1.29 is 0 Å². The highest BCUT2D eigenvalue weighted by molar-refractivity contribution is 7.80. The first-order chi connectivity index (χ1) is 6.24. The van der Waals surface area contributed by atoms with Gasteiger partial charge >= 0.3 is 0 Å². The third kappa shape index (κ3) is 2.65. The maximum atomic E-state index is 8.66. The van der Waals surface area contributed by atoms with E-state index in [-0.39, 0.29) is 4.99 Å². The molecule has 0 atom stereocenters. The van der Waals surface area contributed by atoms with E-state index in [1.165, 1.54) is 0 Å². The molecule has 1 aromatic heterocycles. The van der Waals surface area contributed by atoms with Crippen LogP contribution < -0.4 is 5.73 Å². The van der Waals surface area contributed by atoms with E-state index in [0.717, 1.165) is 5.56 Å². The molecule has 0 saturated heterocycles. The van der Waals surface area contributed by atoms with Crippen molar-refractivity contribution in [3.63, 3.8) is 0 Å². The SMILES string of the molecule is N#C/C(=C/c1ccncc1)C(N)=S. The molecule has 0 aliphatic rings. The number of nitriles is 1. The smallest absolute Gasteiger partial charge is 0.114 e. The molecule has 0 aromatic carbocycles. The molecule has 0 spiro atoms. The molecule has 0 bridgehead atoms. The zero-order valence-electron chi connectivity index (χ0n) is 6.77. The average molecular weight is 189 g/mol. The van der Waals surface area contributed by atoms with Crippen LogP contribution in [0.5, 0.6) is 0 Å². The van der Waals surface area contributed by atoms with Gasteiger partial charge in [-0.1, -0.05) is 12.2 Å². The van der Waals surface area contributed by atoms with E-state index in [4.69, 9.17) is 11.0 Å². The van der Waals surface area contributed by atoms with E-state index in [0.29, 0.717) is 5.57 Å². The van der Waals surface area contributed by atoms with Crippen molar-refractivity contribution in [3.8, 4) is 6.07 Å². The van der Waals surface area contributed by atoms with Gasteiger partial charge in [0.25, 0.3) is 0 Å². The highest BCUT2D eigenvalue weighted by Crippen LogP contribution is 2.04. The van der Waals surface area contributed by atoms with Crippen molar-refractivity contribution in [3.05, 3.63) is 35.7 Å². The number of hydrogen-bond acceptors (Lipinski definition) is 3. The van der Waals surface area contributed by atoms with Crippen LogP contribution >= 0.6 is 12.2 Å². The van der Waals surface area contributed by atoms with Gasteiger partial charge < -0.3 is 5.73 Å². The summed E-state index contributed by atoms with van der Waals surface area (Å²) in [5.41, 5.74) is 6.49. The lowest BCUT2D eigenvalue weighted by Gasteiger charge is -1.94. The fourth-order valence-electron chi connectivity index (χ4n) is 0.785. The van der Waals surface area contributed by atoms with Crippen molar-refractivity contribution in [2.45, 2.75) is 0 Å². The third-order valence-corrected chi connectivity index (χ3v) is 1.62. The first kappa shape index (κ1) is 9.36. The maximum absolute atomic E-state index is 8.66. The van der Waals surface area contributed by atoms with Crippen LogP contribution in [0.15, 0.2) is 30.1 Å². The zero-order valence-corrected chi connectivity index (χ0v) is 7.58. The van der Waals surface area contributed by atoms with Crippen LogP contribution in [-0.2, 0) is 0 Å². The Morgan fingerprint density at radius 2 is 2.15 bits per heavy atom. The Morgan fingerprint density at radius 1 is 1.54 bits per heavy atom. The Bertz CT molecular complexity index is 376. The zero-order chi connectivity index (χ0) is 9.68. The van der Waals surface area contributed by atoms with Gasteiger partial charge in [0.15, 0.2) is 0 Å². The second kappa shape index (κ2) is 4.33. The summed E-state index contributed by atoms with van der Waals surface area (Å²) < 4.78 is 0. The summed E-state index contributed by atoms with van der Waals surface area (Å²) in [6, 6.07) is 5.47. The molecule has 0 aliphatic heterocycles. The van der Waals surface area contributed by atoms with E-state index in [1.807, 2.05) is 6.07 Å². The van der Waals surface area contributed by atoms with Gasteiger partial charge in [-0.25, -0.2) is 0 Å². The molecule has 13 heavy (non-hydrogen) atoms. The largest absolute Gasteiger partial charge is 0.389 e. The molecule has 4 heteroatoms. The predicted molar refractivity (Wildman–Crippen MR) is 54.6 cm³/mol. The van der Waals surface area contributed by atoms with Crippen molar-refractivity contribution >= 4 is 23.3 Å². The summed E-state index contributed by atoms with van der Waals surface area (Å²) in [5.74, 6) is 0. The predicted octanol–water partition coefficient (Wildman–Crippen LogP) is 1.27. The fourth-order valence-corrected chi connectivity index (χ4v) is 0.889. The molecule has 64 valence electrons. The second-order valence-electron chi connectivity index (χ2n) is 2.31. The molecular formula is C9H7N3S. The molecule has 1 aromatic rings. The van der Waals surface area contributed by atoms with Crippen LogP contribution in [0.1, 0.15) is 5.56 Å². The number of nitrogens with zero attached hydrogens (tertiary/aromatic N) is 2. The van der Waals surface area contributed by atoms with Crippen LogP contribution in [0, 0.1) is 11.3 Å². The lowest BCUT2D eigenvalue weighted by Crippen LogP contribution is -2.09. The van der Waals surface area contributed by atoms with Crippen molar-refractivity contribution in [2.24, 2.45) is 5.73 Å². The lowest BCUT2D eigenvalue weighted by molar-refractivity contribution is 1.32. The standard InChI is InChI=1S/C9H7N3S/c10-6-8(9(11)13)5-7-1-3-12-4-2-7/h1-5H,(H2,11,13)/b8-5-. The molecule has 2 N–H and O–H groups in total. The second-order valence-corrected chi connectivity index (χ2v) is 2.75. The van der Waals surface area contributed by atoms with Crippen LogP contribution in [0.25, 0.3) is 6.08 Å². The number of thiocarbonyl (C=S) groups is 1. The first-order valence-corrected chi connectivity index (χ1v) is 3.96. The monoisotopic (exact) mass is 189 g/mol. The highest BCUT2D eigenvalue weighted by atomic mass is 32.1. The normalized spacial score (nSPS) is 10.5. The lowest BCUT2D eigenvalue weighted by atomic mass is 10.2. The number of nitrogens with two attached hydrogens (primary N) is 1. The van der Waals surface area contributed by atoms with Crippen LogP contribution in [-0.4, -0.2) is 9.97 Å². The van der Waals surface area contributed by atoms with Crippen molar-refractivity contribution in [1.29, 1.82) is 5.26 Å². The fraction of sp³-hybridized carbons (Fsp3) is 0. The summed E-state index contributed by atoms with van der Waals surface area (Å²) in [5, 5.41) is 8.66. The first-order valence-electron chi connectivity index (χ1n) is 3.55.